The number of carbonyl (C=O) groups is 1. The highest BCUT2D eigenvalue weighted by molar-refractivity contribution is 5.94. The van der Waals surface area contributed by atoms with Crippen molar-refractivity contribution in [3.05, 3.63) is 35.7 Å². The number of benzene rings is 1. The molecule has 5 nitrogen and oxygen atoms in total. The van der Waals surface area contributed by atoms with Crippen LogP contribution >= 0.6 is 0 Å². The van der Waals surface area contributed by atoms with Crippen molar-refractivity contribution in [3.63, 3.8) is 0 Å². The van der Waals surface area contributed by atoms with Crippen LogP contribution in [0.5, 0.6) is 5.75 Å². The lowest BCUT2D eigenvalue weighted by Crippen LogP contribution is -1.99. The second kappa shape index (κ2) is 4.91. The molecule has 0 fully saturated rings. The molecular weight excluding hydrogens is 234 g/mol. The predicted octanol–water partition coefficient (Wildman–Crippen LogP) is 2.75. The van der Waals surface area contributed by atoms with Gasteiger partial charge in [-0.05, 0) is 31.5 Å². The maximum atomic E-state index is 11.1. The van der Waals surface area contributed by atoms with E-state index < -0.39 is 5.97 Å². The standard InChI is InChI=1S/C13H13NO4/c1-3-17-10-6-4-5-9(7-10)11-8(2)18-14-12(11)13(15)16/h4-7H,3H2,1-2H3,(H,15,16). The van der Waals surface area contributed by atoms with E-state index in [0.717, 1.165) is 5.56 Å². The predicted molar refractivity (Wildman–Crippen MR) is 64.8 cm³/mol. The van der Waals surface area contributed by atoms with Gasteiger partial charge in [-0.15, -0.1) is 0 Å². The molecule has 0 atom stereocenters. The van der Waals surface area contributed by atoms with E-state index in [2.05, 4.69) is 5.16 Å². The molecule has 18 heavy (non-hydrogen) atoms. The average molecular weight is 247 g/mol. The van der Waals surface area contributed by atoms with Crippen LogP contribution in [0.3, 0.4) is 0 Å². The molecule has 0 radical (unpaired) electrons. The molecule has 0 saturated heterocycles. The molecule has 0 amide bonds. The summed E-state index contributed by atoms with van der Waals surface area (Å²) in [6.07, 6.45) is 0. The molecule has 2 rings (SSSR count). The van der Waals surface area contributed by atoms with Crippen LogP contribution < -0.4 is 4.74 Å². The lowest BCUT2D eigenvalue weighted by molar-refractivity contribution is 0.0686. The summed E-state index contributed by atoms with van der Waals surface area (Å²) >= 11 is 0. The van der Waals surface area contributed by atoms with Crippen molar-refractivity contribution in [2.75, 3.05) is 6.61 Å². The third kappa shape index (κ3) is 2.20. The van der Waals surface area contributed by atoms with Crippen molar-refractivity contribution in [2.45, 2.75) is 13.8 Å². The molecule has 0 saturated carbocycles. The Hall–Kier alpha value is -2.30. The molecule has 5 heteroatoms. The van der Waals surface area contributed by atoms with E-state index in [4.69, 9.17) is 14.4 Å². The van der Waals surface area contributed by atoms with Gasteiger partial charge >= 0.3 is 5.97 Å². The van der Waals surface area contributed by atoms with Crippen molar-refractivity contribution < 1.29 is 19.2 Å². The summed E-state index contributed by atoms with van der Waals surface area (Å²) < 4.78 is 10.3. The zero-order chi connectivity index (χ0) is 13.1. The molecule has 0 aliphatic heterocycles. The molecule has 0 aliphatic rings. The Morgan fingerprint density at radius 2 is 2.28 bits per heavy atom. The number of hydrogen-bond acceptors (Lipinski definition) is 4. The lowest BCUT2D eigenvalue weighted by Gasteiger charge is -2.05. The van der Waals surface area contributed by atoms with Gasteiger partial charge in [-0.2, -0.15) is 0 Å². The summed E-state index contributed by atoms with van der Waals surface area (Å²) in [7, 11) is 0. The highest BCUT2D eigenvalue weighted by atomic mass is 16.5. The van der Waals surface area contributed by atoms with Crippen molar-refractivity contribution in [1.29, 1.82) is 0 Å². The van der Waals surface area contributed by atoms with Crippen LogP contribution in [0.1, 0.15) is 23.2 Å². The van der Waals surface area contributed by atoms with Crippen molar-refractivity contribution in [3.8, 4) is 16.9 Å². The molecule has 1 heterocycles. The second-order valence-corrected chi connectivity index (χ2v) is 3.73. The number of nitrogens with zero attached hydrogens (tertiary/aromatic N) is 1. The van der Waals surface area contributed by atoms with Crippen LogP contribution in [-0.4, -0.2) is 22.8 Å². The minimum Gasteiger partial charge on any atom is -0.494 e. The maximum Gasteiger partial charge on any atom is 0.358 e. The van der Waals surface area contributed by atoms with E-state index in [1.54, 1.807) is 25.1 Å². The molecule has 1 N–H and O–H groups in total. The number of aryl methyl sites for hydroxylation is 1. The lowest BCUT2D eigenvalue weighted by atomic mass is 10.0. The number of hydrogen-bond donors (Lipinski definition) is 1. The summed E-state index contributed by atoms with van der Waals surface area (Å²) in [5.74, 6) is 0.0525. The molecule has 94 valence electrons. The summed E-state index contributed by atoms with van der Waals surface area (Å²) in [4.78, 5) is 11.1. The fraction of sp³-hybridized carbons (Fsp3) is 0.231. The molecule has 1 aromatic carbocycles. The monoisotopic (exact) mass is 247 g/mol. The molecule has 1 aromatic heterocycles. The fourth-order valence-corrected chi connectivity index (χ4v) is 1.77. The normalized spacial score (nSPS) is 10.3. The van der Waals surface area contributed by atoms with Crippen LogP contribution in [0.25, 0.3) is 11.1 Å². The largest absolute Gasteiger partial charge is 0.494 e. The van der Waals surface area contributed by atoms with Gasteiger partial charge in [0.25, 0.3) is 0 Å². The van der Waals surface area contributed by atoms with Gasteiger partial charge in [-0.25, -0.2) is 4.79 Å². The van der Waals surface area contributed by atoms with E-state index in [1.807, 2.05) is 13.0 Å². The van der Waals surface area contributed by atoms with E-state index in [1.165, 1.54) is 0 Å². The number of ether oxygens (including phenoxy) is 1. The zero-order valence-electron chi connectivity index (χ0n) is 10.1. The van der Waals surface area contributed by atoms with Crippen molar-refractivity contribution >= 4 is 5.97 Å². The molecule has 0 aliphatic carbocycles. The summed E-state index contributed by atoms with van der Waals surface area (Å²) in [5, 5.41) is 12.6. The van der Waals surface area contributed by atoms with Gasteiger partial charge in [0.15, 0.2) is 5.69 Å². The highest BCUT2D eigenvalue weighted by Crippen LogP contribution is 2.29. The summed E-state index contributed by atoms with van der Waals surface area (Å²) in [6, 6.07) is 7.19. The van der Waals surface area contributed by atoms with Gasteiger partial charge in [0.05, 0.1) is 12.2 Å². The van der Waals surface area contributed by atoms with Crippen LogP contribution in [0.15, 0.2) is 28.8 Å². The summed E-state index contributed by atoms with van der Waals surface area (Å²) in [6.45, 7) is 4.12. The number of carboxylic acids is 1. The molecular formula is C13H13NO4. The Balaban J connectivity index is 2.51. The van der Waals surface area contributed by atoms with Gasteiger partial charge in [-0.1, -0.05) is 17.3 Å². The Bertz CT molecular complexity index is 574. The molecule has 0 spiro atoms. The summed E-state index contributed by atoms with van der Waals surface area (Å²) in [5.41, 5.74) is 1.13. The van der Waals surface area contributed by atoms with Crippen molar-refractivity contribution in [1.82, 2.24) is 5.16 Å². The molecule has 0 unspecified atom stereocenters. The van der Waals surface area contributed by atoms with Crippen LogP contribution in [0.4, 0.5) is 0 Å². The van der Waals surface area contributed by atoms with Gasteiger partial charge in [0, 0.05) is 0 Å². The second-order valence-electron chi connectivity index (χ2n) is 3.73. The van der Waals surface area contributed by atoms with Gasteiger partial charge in [0.2, 0.25) is 0 Å². The Labute approximate surface area is 104 Å². The molecule has 2 aromatic rings. The highest BCUT2D eigenvalue weighted by Gasteiger charge is 2.20. The average Bonchev–Trinajstić information content (AvgIpc) is 2.72. The third-order valence-corrected chi connectivity index (χ3v) is 2.50. The first kappa shape index (κ1) is 12.2. The SMILES string of the molecule is CCOc1cccc(-c2c(C(=O)O)noc2C)c1. The number of carboxylic acid groups (broad SMARTS) is 1. The van der Waals surface area contributed by atoms with E-state index in [9.17, 15) is 4.79 Å². The minimum atomic E-state index is -1.11. The number of aromatic nitrogens is 1. The van der Waals surface area contributed by atoms with E-state index in [-0.39, 0.29) is 5.69 Å². The first-order valence-electron chi connectivity index (χ1n) is 5.56. The Morgan fingerprint density at radius 3 is 2.94 bits per heavy atom. The fourth-order valence-electron chi connectivity index (χ4n) is 1.77. The first-order chi connectivity index (χ1) is 8.63. The van der Waals surface area contributed by atoms with Gasteiger partial charge < -0.3 is 14.4 Å². The van der Waals surface area contributed by atoms with Crippen LogP contribution in [0, 0.1) is 6.92 Å². The van der Waals surface area contributed by atoms with Gasteiger partial charge in [-0.3, -0.25) is 0 Å². The van der Waals surface area contributed by atoms with E-state index in [0.29, 0.717) is 23.7 Å². The first-order valence-corrected chi connectivity index (χ1v) is 5.56. The van der Waals surface area contributed by atoms with Crippen LogP contribution in [-0.2, 0) is 0 Å². The third-order valence-electron chi connectivity index (χ3n) is 2.50. The van der Waals surface area contributed by atoms with Gasteiger partial charge in [0.1, 0.15) is 11.5 Å². The smallest absolute Gasteiger partial charge is 0.358 e. The Morgan fingerprint density at radius 1 is 1.50 bits per heavy atom. The number of aromatic carboxylic acids is 1. The van der Waals surface area contributed by atoms with Crippen LogP contribution in [0.2, 0.25) is 0 Å². The zero-order valence-corrected chi connectivity index (χ0v) is 10.1. The number of rotatable bonds is 4. The quantitative estimate of drug-likeness (QED) is 0.899. The Kier molecular flexibility index (Phi) is 3.32. The topological polar surface area (TPSA) is 72.6 Å². The van der Waals surface area contributed by atoms with Crippen molar-refractivity contribution in [2.24, 2.45) is 0 Å². The minimum absolute atomic E-state index is 0.0823. The maximum absolute atomic E-state index is 11.1. The van der Waals surface area contributed by atoms with E-state index >= 15 is 0 Å². The molecule has 0 bridgehead atoms.